The summed E-state index contributed by atoms with van der Waals surface area (Å²) in [6, 6.07) is 0.589. The Morgan fingerprint density at radius 3 is 2.55 bits per heavy atom. The van der Waals surface area contributed by atoms with Crippen LogP contribution in [0.1, 0.15) is 33.1 Å². The van der Waals surface area contributed by atoms with Gasteiger partial charge in [-0.3, -0.25) is 4.79 Å². The van der Waals surface area contributed by atoms with E-state index in [2.05, 4.69) is 13.8 Å². The molecule has 0 unspecified atom stereocenters. The molecular weight excluding hydrogens is 138 g/mol. The molecule has 0 heterocycles. The summed E-state index contributed by atoms with van der Waals surface area (Å²) in [5.74, 6) is 0.705. The van der Waals surface area contributed by atoms with Crippen LogP contribution in [0.25, 0.3) is 0 Å². The van der Waals surface area contributed by atoms with Gasteiger partial charge in [-0.1, -0.05) is 13.8 Å². The predicted octanol–water partition coefficient (Wildman–Crippen LogP) is 1.65. The molecule has 1 aliphatic rings. The average molecular weight is 155 g/mol. The van der Waals surface area contributed by atoms with E-state index in [9.17, 15) is 4.79 Å². The fraction of sp³-hybridized carbons (Fsp3) is 0.889. The zero-order valence-electron chi connectivity index (χ0n) is 7.42. The van der Waals surface area contributed by atoms with E-state index in [0.717, 1.165) is 19.4 Å². The van der Waals surface area contributed by atoms with E-state index >= 15 is 0 Å². The Kier molecular flexibility index (Phi) is 2.92. The number of hydrogen-bond acceptors (Lipinski definition) is 1. The number of nitrogens with zero attached hydrogens (tertiary/aromatic N) is 1. The summed E-state index contributed by atoms with van der Waals surface area (Å²) in [7, 11) is 0. The van der Waals surface area contributed by atoms with Crippen molar-refractivity contribution in [1.82, 2.24) is 4.90 Å². The van der Waals surface area contributed by atoms with E-state index < -0.39 is 0 Å². The van der Waals surface area contributed by atoms with Crippen LogP contribution < -0.4 is 0 Å². The summed E-state index contributed by atoms with van der Waals surface area (Å²) in [5, 5.41) is 0. The highest BCUT2D eigenvalue weighted by Crippen LogP contribution is 2.25. The maximum atomic E-state index is 10.5. The van der Waals surface area contributed by atoms with Crippen molar-refractivity contribution in [3.8, 4) is 0 Å². The molecule has 0 saturated heterocycles. The fourth-order valence-corrected chi connectivity index (χ4v) is 1.13. The van der Waals surface area contributed by atoms with Crippen LogP contribution in [-0.4, -0.2) is 23.9 Å². The molecule has 2 heteroatoms. The van der Waals surface area contributed by atoms with Crippen LogP contribution in [0.5, 0.6) is 0 Å². The van der Waals surface area contributed by atoms with Gasteiger partial charge in [0.1, 0.15) is 0 Å². The summed E-state index contributed by atoms with van der Waals surface area (Å²) >= 11 is 0. The van der Waals surface area contributed by atoms with E-state index in [4.69, 9.17) is 0 Å². The van der Waals surface area contributed by atoms with Crippen LogP contribution in [0.3, 0.4) is 0 Å². The molecular formula is C9H17NO. The minimum Gasteiger partial charge on any atom is -0.342 e. The van der Waals surface area contributed by atoms with Crippen molar-refractivity contribution in [3.05, 3.63) is 0 Å². The second-order valence-electron chi connectivity index (χ2n) is 3.76. The summed E-state index contributed by atoms with van der Waals surface area (Å²) in [6.07, 6.45) is 4.57. The predicted molar refractivity (Wildman–Crippen MR) is 45.2 cm³/mol. The Bertz CT molecular complexity index is 130. The summed E-state index contributed by atoms with van der Waals surface area (Å²) in [5.41, 5.74) is 0. The molecule has 64 valence electrons. The molecule has 1 saturated carbocycles. The molecule has 0 N–H and O–H groups in total. The Morgan fingerprint density at radius 1 is 1.55 bits per heavy atom. The van der Waals surface area contributed by atoms with E-state index in [0.29, 0.717) is 12.0 Å². The number of hydrogen-bond donors (Lipinski definition) is 0. The molecule has 2 nitrogen and oxygen atoms in total. The van der Waals surface area contributed by atoms with Crippen LogP contribution in [0.15, 0.2) is 0 Å². The van der Waals surface area contributed by atoms with Gasteiger partial charge in [0.25, 0.3) is 0 Å². The zero-order valence-corrected chi connectivity index (χ0v) is 7.42. The minimum atomic E-state index is 0.589. The lowest BCUT2D eigenvalue weighted by Crippen LogP contribution is -2.26. The Balaban J connectivity index is 2.15. The molecule has 0 atom stereocenters. The molecule has 1 aliphatic carbocycles. The molecule has 1 amide bonds. The van der Waals surface area contributed by atoms with E-state index in [1.807, 2.05) is 4.90 Å². The SMILES string of the molecule is CC(C)CCN(C=O)C1CC1. The normalized spacial score (nSPS) is 17.0. The highest BCUT2D eigenvalue weighted by molar-refractivity contribution is 5.48. The van der Waals surface area contributed by atoms with Gasteiger partial charge in [-0.15, -0.1) is 0 Å². The van der Waals surface area contributed by atoms with Crippen molar-refractivity contribution in [1.29, 1.82) is 0 Å². The standard InChI is InChI=1S/C9H17NO/c1-8(2)5-6-10(7-11)9-3-4-9/h7-9H,3-6H2,1-2H3. The highest BCUT2D eigenvalue weighted by atomic mass is 16.1. The van der Waals surface area contributed by atoms with Gasteiger partial charge in [0.05, 0.1) is 0 Å². The Hall–Kier alpha value is -0.530. The Labute approximate surface area is 68.6 Å². The summed E-state index contributed by atoms with van der Waals surface area (Å²) in [6.45, 7) is 5.33. The van der Waals surface area contributed by atoms with Gasteiger partial charge in [-0.05, 0) is 25.2 Å². The number of carbonyl (C=O) groups is 1. The number of amides is 1. The maximum absolute atomic E-state index is 10.5. The fourth-order valence-electron chi connectivity index (χ4n) is 1.13. The van der Waals surface area contributed by atoms with Crippen molar-refractivity contribution < 1.29 is 4.79 Å². The first kappa shape index (κ1) is 8.57. The average Bonchev–Trinajstić information content (AvgIpc) is 2.72. The smallest absolute Gasteiger partial charge is 0.209 e. The third-order valence-electron chi connectivity index (χ3n) is 2.12. The first-order chi connectivity index (χ1) is 5.24. The van der Waals surface area contributed by atoms with Crippen LogP contribution in [0.4, 0.5) is 0 Å². The molecule has 0 aromatic rings. The topological polar surface area (TPSA) is 20.3 Å². The quantitative estimate of drug-likeness (QED) is 0.553. The number of rotatable bonds is 5. The van der Waals surface area contributed by atoms with Gasteiger partial charge in [0.2, 0.25) is 6.41 Å². The van der Waals surface area contributed by atoms with Crippen molar-refractivity contribution in [2.24, 2.45) is 5.92 Å². The minimum absolute atomic E-state index is 0.589. The summed E-state index contributed by atoms with van der Waals surface area (Å²) in [4.78, 5) is 12.5. The third kappa shape index (κ3) is 2.91. The zero-order chi connectivity index (χ0) is 8.27. The molecule has 0 radical (unpaired) electrons. The molecule has 0 aromatic carbocycles. The number of carbonyl (C=O) groups excluding carboxylic acids is 1. The van der Waals surface area contributed by atoms with Crippen LogP contribution >= 0.6 is 0 Å². The Morgan fingerprint density at radius 2 is 2.18 bits per heavy atom. The molecule has 1 fully saturated rings. The van der Waals surface area contributed by atoms with Crippen LogP contribution in [0, 0.1) is 5.92 Å². The molecule has 0 aliphatic heterocycles. The van der Waals surface area contributed by atoms with Gasteiger partial charge >= 0.3 is 0 Å². The monoisotopic (exact) mass is 155 g/mol. The van der Waals surface area contributed by atoms with Crippen molar-refractivity contribution in [2.45, 2.75) is 39.2 Å². The van der Waals surface area contributed by atoms with Gasteiger partial charge in [0.15, 0.2) is 0 Å². The first-order valence-corrected chi connectivity index (χ1v) is 4.45. The lowest BCUT2D eigenvalue weighted by molar-refractivity contribution is -0.118. The van der Waals surface area contributed by atoms with Gasteiger partial charge in [-0.25, -0.2) is 0 Å². The van der Waals surface area contributed by atoms with Gasteiger partial charge < -0.3 is 4.90 Å². The molecule has 11 heavy (non-hydrogen) atoms. The molecule has 1 rings (SSSR count). The largest absolute Gasteiger partial charge is 0.342 e. The van der Waals surface area contributed by atoms with Gasteiger partial charge in [-0.2, -0.15) is 0 Å². The maximum Gasteiger partial charge on any atom is 0.209 e. The first-order valence-electron chi connectivity index (χ1n) is 4.45. The third-order valence-corrected chi connectivity index (χ3v) is 2.12. The summed E-state index contributed by atoms with van der Waals surface area (Å²) < 4.78 is 0. The van der Waals surface area contributed by atoms with Crippen molar-refractivity contribution in [2.75, 3.05) is 6.54 Å². The van der Waals surface area contributed by atoms with Crippen LogP contribution in [0.2, 0.25) is 0 Å². The van der Waals surface area contributed by atoms with Crippen molar-refractivity contribution >= 4 is 6.41 Å². The van der Waals surface area contributed by atoms with E-state index in [-0.39, 0.29) is 0 Å². The van der Waals surface area contributed by atoms with E-state index in [1.54, 1.807) is 0 Å². The van der Waals surface area contributed by atoms with E-state index in [1.165, 1.54) is 12.8 Å². The molecule has 0 bridgehead atoms. The highest BCUT2D eigenvalue weighted by Gasteiger charge is 2.27. The van der Waals surface area contributed by atoms with Crippen LogP contribution in [-0.2, 0) is 4.79 Å². The lowest BCUT2D eigenvalue weighted by atomic mass is 10.1. The molecule has 0 aromatic heterocycles. The lowest BCUT2D eigenvalue weighted by Gasteiger charge is -2.17. The second-order valence-corrected chi connectivity index (χ2v) is 3.76. The van der Waals surface area contributed by atoms with Crippen molar-refractivity contribution in [3.63, 3.8) is 0 Å². The second kappa shape index (κ2) is 3.74. The van der Waals surface area contributed by atoms with Gasteiger partial charge in [0, 0.05) is 12.6 Å². The molecule has 0 spiro atoms.